The molecule has 24 heavy (non-hydrogen) atoms. The quantitative estimate of drug-likeness (QED) is 0.883. The molecule has 1 atom stereocenters. The molecular formula is C17H23N5O2. The summed E-state index contributed by atoms with van der Waals surface area (Å²) in [5.74, 6) is 2.53. The third kappa shape index (κ3) is 4.04. The maximum Gasteiger partial charge on any atom is 0.319 e. The zero-order chi connectivity index (χ0) is 16.9. The molecule has 0 saturated carbocycles. The number of benzene rings is 1. The minimum absolute atomic E-state index is 0.0538. The summed E-state index contributed by atoms with van der Waals surface area (Å²) in [7, 11) is 0. The van der Waals surface area contributed by atoms with Gasteiger partial charge in [-0.15, -0.1) is 0 Å². The molecule has 0 fully saturated rings. The highest BCUT2D eigenvalue weighted by atomic mass is 16.5. The average Bonchev–Trinajstić information content (AvgIpc) is 2.92. The van der Waals surface area contributed by atoms with E-state index < -0.39 is 0 Å². The Kier molecular flexibility index (Phi) is 4.98. The van der Waals surface area contributed by atoms with Crippen molar-refractivity contribution in [3.8, 4) is 5.75 Å². The van der Waals surface area contributed by atoms with Crippen molar-refractivity contribution in [1.29, 1.82) is 0 Å². The number of anilines is 1. The molecule has 1 aliphatic heterocycles. The van der Waals surface area contributed by atoms with Gasteiger partial charge in [-0.1, -0.05) is 13.0 Å². The fourth-order valence-electron chi connectivity index (χ4n) is 2.79. The van der Waals surface area contributed by atoms with E-state index in [2.05, 4.69) is 27.6 Å². The largest absolute Gasteiger partial charge is 0.494 e. The number of aromatic nitrogens is 3. The molecule has 7 heteroatoms. The Morgan fingerprint density at radius 1 is 1.46 bits per heavy atom. The summed E-state index contributed by atoms with van der Waals surface area (Å²) in [5, 5.41) is 10.2. The number of hydrogen-bond acceptors (Lipinski definition) is 4. The number of nitrogens with one attached hydrogen (secondary N) is 2. The fraction of sp³-hybridized carbons (Fsp3) is 0.471. The first-order valence-electron chi connectivity index (χ1n) is 8.34. The molecule has 1 aliphatic rings. The van der Waals surface area contributed by atoms with E-state index >= 15 is 0 Å². The lowest BCUT2D eigenvalue weighted by atomic mass is 10.1. The average molecular weight is 329 g/mol. The molecule has 1 aromatic carbocycles. The molecule has 2 amide bonds. The Morgan fingerprint density at radius 3 is 3.17 bits per heavy atom. The van der Waals surface area contributed by atoms with Gasteiger partial charge in [0.2, 0.25) is 0 Å². The highest BCUT2D eigenvalue weighted by Gasteiger charge is 2.22. The number of aryl methyl sites for hydroxylation is 2. The summed E-state index contributed by atoms with van der Waals surface area (Å²) in [6, 6.07) is 7.26. The van der Waals surface area contributed by atoms with Crippen LogP contribution in [0.1, 0.15) is 31.4 Å². The molecule has 1 aromatic heterocycles. The monoisotopic (exact) mass is 329 g/mol. The van der Waals surface area contributed by atoms with Gasteiger partial charge in [0.15, 0.2) is 0 Å². The van der Waals surface area contributed by atoms with E-state index in [0.717, 1.165) is 36.7 Å². The van der Waals surface area contributed by atoms with Gasteiger partial charge in [-0.05, 0) is 31.9 Å². The minimum atomic E-state index is -0.215. The van der Waals surface area contributed by atoms with E-state index in [9.17, 15) is 4.79 Å². The van der Waals surface area contributed by atoms with E-state index in [1.807, 2.05) is 35.9 Å². The van der Waals surface area contributed by atoms with Crippen molar-refractivity contribution < 1.29 is 9.53 Å². The van der Waals surface area contributed by atoms with Crippen LogP contribution in [0.5, 0.6) is 5.75 Å². The summed E-state index contributed by atoms with van der Waals surface area (Å²) >= 11 is 0. The lowest BCUT2D eigenvalue weighted by Gasteiger charge is -2.23. The van der Waals surface area contributed by atoms with Crippen LogP contribution >= 0.6 is 0 Å². The van der Waals surface area contributed by atoms with E-state index in [0.29, 0.717) is 18.8 Å². The van der Waals surface area contributed by atoms with Gasteiger partial charge in [-0.2, -0.15) is 5.10 Å². The summed E-state index contributed by atoms with van der Waals surface area (Å²) < 4.78 is 7.46. The first-order valence-corrected chi connectivity index (χ1v) is 8.34. The highest BCUT2D eigenvalue weighted by Crippen LogP contribution is 2.18. The Bertz CT molecular complexity index is 713. The van der Waals surface area contributed by atoms with Crippen LogP contribution in [0.15, 0.2) is 24.3 Å². The van der Waals surface area contributed by atoms with Gasteiger partial charge in [0.25, 0.3) is 0 Å². The second-order valence-corrected chi connectivity index (χ2v) is 5.97. The van der Waals surface area contributed by atoms with Crippen LogP contribution < -0.4 is 15.4 Å². The first kappa shape index (κ1) is 16.3. The van der Waals surface area contributed by atoms with Crippen LogP contribution in [0.25, 0.3) is 0 Å². The number of amides is 2. The van der Waals surface area contributed by atoms with Crippen molar-refractivity contribution in [1.82, 2.24) is 20.1 Å². The van der Waals surface area contributed by atoms with E-state index in [4.69, 9.17) is 4.74 Å². The van der Waals surface area contributed by atoms with Gasteiger partial charge in [-0.25, -0.2) is 14.5 Å². The van der Waals surface area contributed by atoms with Crippen molar-refractivity contribution in [2.24, 2.45) is 0 Å². The number of urea groups is 1. The van der Waals surface area contributed by atoms with E-state index in [-0.39, 0.29) is 12.1 Å². The van der Waals surface area contributed by atoms with Crippen molar-refractivity contribution in [3.05, 3.63) is 35.9 Å². The zero-order valence-electron chi connectivity index (χ0n) is 14.1. The van der Waals surface area contributed by atoms with E-state index in [1.165, 1.54) is 0 Å². The summed E-state index contributed by atoms with van der Waals surface area (Å²) in [4.78, 5) is 16.6. The van der Waals surface area contributed by atoms with Crippen LogP contribution in [0, 0.1) is 6.92 Å². The second-order valence-electron chi connectivity index (χ2n) is 5.97. The van der Waals surface area contributed by atoms with Gasteiger partial charge >= 0.3 is 6.03 Å². The molecule has 0 radical (unpaired) electrons. The molecule has 0 bridgehead atoms. The Hall–Kier alpha value is -2.57. The van der Waals surface area contributed by atoms with Gasteiger partial charge in [0.1, 0.15) is 17.4 Å². The van der Waals surface area contributed by atoms with Gasteiger partial charge in [0.05, 0.1) is 19.2 Å². The number of hydrogen-bond donors (Lipinski definition) is 2. The third-order valence-electron chi connectivity index (χ3n) is 3.86. The Labute approximate surface area is 141 Å². The molecule has 0 spiro atoms. The normalized spacial score (nSPS) is 16.3. The first-order chi connectivity index (χ1) is 11.6. The lowest BCUT2D eigenvalue weighted by molar-refractivity contribution is 0.243. The minimum Gasteiger partial charge on any atom is -0.494 e. The number of carbonyl (C=O) groups excluding carboxylic acids is 1. The van der Waals surface area contributed by atoms with Crippen molar-refractivity contribution in [2.75, 3.05) is 11.9 Å². The Morgan fingerprint density at radius 2 is 2.33 bits per heavy atom. The van der Waals surface area contributed by atoms with Crippen LogP contribution in [0.2, 0.25) is 0 Å². The van der Waals surface area contributed by atoms with Crippen LogP contribution in [0.4, 0.5) is 10.5 Å². The van der Waals surface area contributed by atoms with Crippen molar-refractivity contribution in [2.45, 2.75) is 45.7 Å². The second kappa shape index (κ2) is 7.33. The maximum absolute atomic E-state index is 12.2. The molecular weight excluding hydrogens is 306 g/mol. The Balaban J connectivity index is 1.54. The number of ether oxygens (including phenoxy) is 1. The number of carbonyl (C=O) groups is 1. The molecule has 128 valence electrons. The highest BCUT2D eigenvalue weighted by molar-refractivity contribution is 5.89. The lowest BCUT2D eigenvalue weighted by Crippen LogP contribution is -2.43. The molecule has 0 saturated heterocycles. The summed E-state index contributed by atoms with van der Waals surface area (Å²) in [6.45, 7) is 5.26. The predicted octanol–water partition coefficient (Wildman–Crippen LogP) is 2.51. The molecule has 3 rings (SSSR count). The standard InChI is InChI=1S/C17H23N5O2/c1-3-9-24-15-6-4-5-13(10-15)19-17(23)20-14-7-8-16-18-12(2)21-22(16)11-14/h4-6,10,14H,3,7-9,11H2,1-2H3,(H2,19,20,23)/t14-/m0/s1. The fourth-order valence-corrected chi connectivity index (χ4v) is 2.79. The molecule has 2 aromatic rings. The topological polar surface area (TPSA) is 81.1 Å². The number of fused-ring (bicyclic) bond motifs is 1. The van der Waals surface area contributed by atoms with Crippen molar-refractivity contribution >= 4 is 11.7 Å². The van der Waals surface area contributed by atoms with Crippen LogP contribution in [0.3, 0.4) is 0 Å². The summed E-state index contributed by atoms with van der Waals surface area (Å²) in [5.41, 5.74) is 0.717. The van der Waals surface area contributed by atoms with Gasteiger partial charge in [0, 0.05) is 18.2 Å². The zero-order valence-corrected chi connectivity index (χ0v) is 14.1. The molecule has 7 nitrogen and oxygen atoms in total. The SMILES string of the molecule is CCCOc1cccc(NC(=O)N[C@H]2CCc3nc(C)nn3C2)c1. The molecule has 2 heterocycles. The molecule has 0 unspecified atom stereocenters. The maximum atomic E-state index is 12.2. The third-order valence-corrected chi connectivity index (χ3v) is 3.86. The number of rotatable bonds is 5. The predicted molar refractivity (Wildman–Crippen MR) is 91.3 cm³/mol. The van der Waals surface area contributed by atoms with Crippen molar-refractivity contribution in [3.63, 3.8) is 0 Å². The number of nitrogens with zero attached hydrogens (tertiary/aromatic N) is 3. The molecule has 2 N–H and O–H groups in total. The van der Waals surface area contributed by atoms with E-state index in [1.54, 1.807) is 0 Å². The van der Waals surface area contributed by atoms with Crippen LogP contribution in [-0.4, -0.2) is 33.4 Å². The smallest absolute Gasteiger partial charge is 0.319 e. The summed E-state index contributed by atoms with van der Waals surface area (Å²) in [6.07, 6.45) is 2.64. The molecule has 0 aliphatic carbocycles. The van der Waals surface area contributed by atoms with Gasteiger partial charge in [-0.3, -0.25) is 0 Å². The van der Waals surface area contributed by atoms with Gasteiger partial charge < -0.3 is 15.4 Å². The van der Waals surface area contributed by atoms with Crippen LogP contribution in [-0.2, 0) is 13.0 Å².